The molecule has 4 aromatic rings. The molecule has 0 spiro atoms. The van der Waals surface area contributed by atoms with Crippen LogP contribution in [0.3, 0.4) is 0 Å². The Balaban J connectivity index is 1.25. The summed E-state index contributed by atoms with van der Waals surface area (Å²) < 4.78 is 42.4. The van der Waals surface area contributed by atoms with Crippen molar-refractivity contribution in [2.75, 3.05) is 30.9 Å². The van der Waals surface area contributed by atoms with Crippen molar-refractivity contribution < 1.29 is 22.4 Å². The Hall–Kier alpha value is -4.31. The van der Waals surface area contributed by atoms with E-state index in [9.17, 15) is 22.4 Å². The number of nitrogens with zero attached hydrogens (tertiary/aromatic N) is 3. The van der Waals surface area contributed by atoms with Gasteiger partial charge < -0.3 is 9.80 Å². The maximum Gasteiger partial charge on any atom is 0.264 e. The predicted octanol–water partition coefficient (Wildman–Crippen LogP) is 4.75. The monoisotopic (exact) mass is 574 g/mol. The number of rotatable bonds is 6. The highest BCUT2D eigenvalue weighted by Gasteiger charge is 2.36. The number of amides is 2. The number of carbonyl (C=O) groups is 2. The molecule has 0 bridgehead atoms. The van der Waals surface area contributed by atoms with E-state index in [0.717, 1.165) is 5.56 Å². The SMILES string of the molecule is Cc1cc(C(=O)N2CCN(C(=O)C(C)(C)c3ccc(F)cc3)CC2)ccc1NS(=O)(=O)c1cccc2cccnc12. The number of piperazine rings is 1. The first-order valence-corrected chi connectivity index (χ1v) is 14.8. The van der Waals surface area contributed by atoms with Crippen molar-refractivity contribution in [3.8, 4) is 0 Å². The molecule has 8 nitrogen and oxygen atoms in total. The van der Waals surface area contributed by atoms with Crippen molar-refractivity contribution in [1.82, 2.24) is 14.8 Å². The average molecular weight is 575 g/mol. The molecule has 1 saturated heterocycles. The lowest BCUT2D eigenvalue weighted by Gasteiger charge is -2.39. The van der Waals surface area contributed by atoms with Crippen molar-refractivity contribution in [2.45, 2.75) is 31.1 Å². The van der Waals surface area contributed by atoms with Crippen LogP contribution in [0.2, 0.25) is 0 Å². The lowest BCUT2D eigenvalue weighted by Crippen LogP contribution is -2.54. The Morgan fingerprint density at radius 2 is 1.56 bits per heavy atom. The number of carbonyl (C=O) groups excluding carboxylic acids is 2. The summed E-state index contributed by atoms with van der Waals surface area (Å²) in [6.45, 7) is 6.86. The zero-order valence-corrected chi connectivity index (χ0v) is 23.9. The fourth-order valence-corrected chi connectivity index (χ4v) is 6.40. The van der Waals surface area contributed by atoms with E-state index < -0.39 is 15.4 Å². The lowest BCUT2D eigenvalue weighted by molar-refractivity contribution is -0.137. The van der Waals surface area contributed by atoms with Gasteiger partial charge in [0.2, 0.25) is 5.91 Å². The van der Waals surface area contributed by atoms with E-state index in [2.05, 4.69) is 9.71 Å². The second-order valence-electron chi connectivity index (χ2n) is 10.7. The van der Waals surface area contributed by atoms with Crippen LogP contribution in [0.5, 0.6) is 0 Å². The van der Waals surface area contributed by atoms with Gasteiger partial charge in [0.05, 0.1) is 16.6 Å². The standard InChI is InChI=1S/C31H31FN4O4S/c1-21-20-23(9-14-26(21)34-41(39,40)27-8-4-6-22-7-5-15-33-28(22)27)29(37)35-16-18-36(19-17-35)30(38)31(2,3)24-10-12-25(32)13-11-24/h4-15,20,34H,16-19H2,1-3H3. The average Bonchev–Trinajstić information content (AvgIpc) is 2.97. The molecule has 0 radical (unpaired) electrons. The molecule has 10 heteroatoms. The number of anilines is 1. The molecule has 0 aliphatic carbocycles. The van der Waals surface area contributed by atoms with Crippen molar-refractivity contribution in [2.24, 2.45) is 0 Å². The van der Waals surface area contributed by atoms with E-state index in [1.807, 2.05) is 13.8 Å². The van der Waals surface area contributed by atoms with Crippen LogP contribution >= 0.6 is 0 Å². The summed E-state index contributed by atoms with van der Waals surface area (Å²) in [5.41, 5.74) is 1.68. The molecule has 5 rings (SSSR count). The van der Waals surface area contributed by atoms with E-state index in [1.54, 1.807) is 77.5 Å². The Bertz CT molecular complexity index is 1730. The zero-order valence-electron chi connectivity index (χ0n) is 23.1. The molecule has 1 aliphatic rings. The van der Waals surface area contributed by atoms with Gasteiger partial charge in [-0.05, 0) is 74.4 Å². The minimum absolute atomic E-state index is 0.0742. The van der Waals surface area contributed by atoms with Crippen LogP contribution in [0.15, 0.2) is 83.9 Å². The highest BCUT2D eigenvalue weighted by Crippen LogP contribution is 2.28. The van der Waals surface area contributed by atoms with Gasteiger partial charge in [-0.2, -0.15) is 0 Å². The highest BCUT2D eigenvalue weighted by atomic mass is 32.2. The maximum absolute atomic E-state index is 13.4. The van der Waals surface area contributed by atoms with Crippen molar-refractivity contribution in [1.29, 1.82) is 0 Å². The van der Waals surface area contributed by atoms with Gasteiger partial charge in [0, 0.05) is 43.3 Å². The van der Waals surface area contributed by atoms with Gasteiger partial charge in [0.15, 0.2) is 0 Å². The van der Waals surface area contributed by atoms with E-state index in [0.29, 0.717) is 53.9 Å². The first-order chi connectivity index (χ1) is 19.5. The van der Waals surface area contributed by atoms with E-state index in [4.69, 9.17) is 0 Å². The van der Waals surface area contributed by atoms with Crippen molar-refractivity contribution in [3.05, 3.63) is 102 Å². The Kier molecular flexibility index (Phi) is 7.52. The minimum atomic E-state index is -3.93. The first kappa shape index (κ1) is 28.2. The summed E-state index contributed by atoms with van der Waals surface area (Å²) >= 11 is 0. The molecule has 1 fully saturated rings. The summed E-state index contributed by atoms with van der Waals surface area (Å²) in [4.78, 5) is 34.3. The smallest absolute Gasteiger partial charge is 0.264 e. The van der Waals surface area contributed by atoms with Gasteiger partial charge in [-0.25, -0.2) is 12.8 Å². The van der Waals surface area contributed by atoms with Gasteiger partial charge in [-0.3, -0.25) is 19.3 Å². The summed E-state index contributed by atoms with van der Waals surface area (Å²) in [6.07, 6.45) is 1.55. The molecule has 2 heterocycles. The number of pyridine rings is 1. The number of aromatic nitrogens is 1. The maximum atomic E-state index is 13.4. The quantitative estimate of drug-likeness (QED) is 0.359. The number of benzene rings is 3. The third kappa shape index (κ3) is 5.65. The molecule has 3 aromatic carbocycles. The van der Waals surface area contributed by atoms with Gasteiger partial charge in [-0.15, -0.1) is 0 Å². The van der Waals surface area contributed by atoms with Gasteiger partial charge in [-0.1, -0.05) is 30.3 Å². The molecule has 1 aliphatic heterocycles. The molecule has 212 valence electrons. The Morgan fingerprint density at radius 1 is 0.902 bits per heavy atom. The predicted molar refractivity (Wildman–Crippen MR) is 156 cm³/mol. The molecule has 0 unspecified atom stereocenters. The normalized spacial score (nSPS) is 14.2. The third-order valence-electron chi connectivity index (χ3n) is 7.56. The molecule has 41 heavy (non-hydrogen) atoms. The largest absolute Gasteiger partial charge is 0.338 e. The van der Waals surface area contributed by atoms with Crippen LogP contribution in [0, 0.1) is 12.7 Å². The Morgan fingerprint density at radius 3 is 2.24 bits per heavy atom. The number of hydrogen-bond donors (Lipinski definition) is 1. The Labute approximate surface area is 238 Å². The molecule has 1 N–H and O–H groups in total. The van der Waals surface area contributed by atoms with Crippen LogP contribution in [-0.2, 0) is 20.2 Å². The van der Waals surface area contributed by atoms with Gasteiger partial charge >= 0.3 is 0 Å². The highest BCUT2D eigenvalue weighted by molar-refractivity contribution is 7.93. The van der Waals surface area contributed by atoms with Crippen LogP contribution in [-0.4, -0.2) is 61.2 Å². The molecule has 0 saturated carbocycles. The van der Waals surface area contributed by atoms with E-state index >= 15 is 0 Å². The molecular formula is C31H31FN4O4S. The van der Waals surface area contributed by atoms with Gasteiger partial charge in [0.1, 0.15) is 10.7 Å². The number of fused-ring (bicyclic) bond motifs is 1. The second-order valence-corrected chi connectivity index (χ2v) is 12.3. The third-order valence-corrected chi connectivity index (χ3v) is 8.95. The number of halogens is 1. The summed E-state index contributed by atoms with van der Waals surface area (Å²) in [5.74, 6) is -0.623. The van der Waals surface area contributed by atoms with Crippen LogP contribution < -0.4 is 4.72 Å². The number of sulfonamides is 1. The second kappa shape index (κ2) is 10.9. The zero-order chi connectivity index (χ0) is 29.4. The minimum Gasteiger partial charge on any atom is -0.338 e. The molecule has 2 amide bonds. The molecule has 1 aromatic heterocycles. The van der Waals surface area contributed by atoms with E-state index in [-0.39, 0.29) is 22.5 Å². The summed E-state index contributed by atoms with van der Waals surface area (Å²) in [7, 11) is -3.93. The molecular weight excluding hydrogens is 543 g/mol. The van der Waals surface area contributed by atoms with Crippen LogP contribution in [0.1, 0.15) is 35.3 Å². The summed E-state index contributed by atoms with van der Waals surface area (Å²) in [6, 6.07) is 19.3. The molecule has 0 atom stereocenters. The van der Waals surface area contributed by atoms with E-state index in [1.165, 1.54) is 18.2 Å². The number of nitrogens with one attached hydrogen (secondary N) is 1. The fraction of sp³-hybridized carbons (Fsp3) is 0.258. The number of aryl methyl sites for hydroxylation is 1. The first-order valence-electron chi connectivity index (χ1n) is 13.3. The fourth-order valence-electron chi connectivity index (χ4n) is 5.08. The number of para-hydroxylation sites is 1. The van der Waals surface area contributed by atoms with Crippen LogP contribution in [0.4, 0.5) is 10.1 Å². The summed E-state index contributed by atoms with van der Waals surface area (Å²) in [5, 5.41) is 0.717. The number of hydrogen-bond acceptors (Lipinski definition) is 5. The van der Waals surface area contributed by atoms with Gasteiger partial charge in [0.25, 0.3) is 15.9 Å². The van der Waals surface area contributed by atoms with Crippen LogP contribution in [0.25, 0.3) is 10.9 Å². The van der Waals surface area contributed by atoms with Crippen molar-refractivity contribution in [3.63, 3.8) is 0 Å². The van der Waals surface area contributed by atoms with Crippen molar-refractivity contribution >= 4 is 38.4 Å². The topological polar surface area (TPSA) is 99.7 Å². The lowest BCUT2D eigenvalue weighted by atomic mass is 9.83.